The standard InChI is InChI=1S/C32H48N6O8/c1-7-8-14-44-31(4,5)30(42)38-28(36-18-35-6)21-12-13-23(37-21)32(17-33)27(40)26(45-29(41)25(34)19(2)3)22(46-32)16-43-24(39)15-20-10-9-11-20/h12-13,18-20,22,25-27,37,40H,7-11,14-16,34H2,1-6H3,(H,35,36,38,42)/t22-,25-,26-,27-,32+/m1/s1. The Bertz CT molecular complexity index is 1310. The van der Waals surface area contributed by atoms with E-state index >= 15 is 0 Å². The normalized spacial score (nSPS) is 24.4. The molecule has 0 spiro atoms. The summed E-state index contributed by atoms with van der Waals surface area (Å²) in [6.07, 6.45) is 1.88. The second-order valence-corrected chi connectivity index (χ2v) is 12.6. The lowest BCUT2D eigenvalue weighted by Crippen LogP contribution is -2.47. The fraction of sp³-hybridized carbons (Fsp3) is 0.688. The van der Waals surface area contributed by atoms with Gasteiger partial charge in [-0.3, -0.25) is 19.4 Å². The number of amidine groups is 1. The number of aliphatic imine (C=N–C) groups is 2. The topological polar surface area (TPSA) is 211 Å². The van der Waals surface area contributed by atoms with Crippen LogP contribution in [0.2, 0.25) is 0 Å². The number of nitriles is 1. The number of ether oxygens (including phenoxy) is 4. The third-order valence-corrected chi connectivity index (χ3v) is 8.31. The molecule has 0 radical (unpaired) electrons. The van der Waals surface area contributed by atoms with E-state index in [0.29, 0.717) is 6.61 Å². The van der Waals surface area contributed by atoms with E-state index in [1.165, 1.54) is 19.5 Å². The maximum Gasteiger partial charge on any atom is 0.323 e. The van der Waals surface area contributed by atoms with Crippen LogP contribution in [0.5, 0.6) is 0 Å². The quantitative estimate of drug-likeness (QED) is 0.0946. The number of hydrogen-bond acceptors (Lipinski definition) is 11. The van der Waals surface area contributed by atoms with Gasteiger partial charge in [-0.2, -0.15) is 5.26 Å². The number of aliphatic hydroxyl groups is 1. The number of nitrogens with one attached hydrogen (secondary N) is 2. The highest BCUT2D eigenvalue weighted by molar-refractivity contribution is 6.11. The van der Waals surface area contributed by atoms with Gasteiger partial charge in [-0.1, -0.05) is 33.6 Å². The number of hydrogen-bond donors (Lipinski definition) is 4. The molecule has 1 aromatic heterocycles. The van der Waals surface area contributed by atoms with E-state index in [2.05, 4.69) is 20.3 Å². The van der Waals surface area contributed by atoms with Gasteiger partial charge in [-0.15, -0.1) is 0 Å². The lowest BCUT2D eigenvalue weighted by Gasteiger charge is -2.26. The van der Waals surface area contributed by atoms with Gasteiger partial charge in [0.1, 0.15) is 42.9 Å². The lowest BCUT2D eigenvalue weighted by atomic mass is 9.83. The molecule has 2 fully saturated rings. The molecule has 3 rings (SSSR count). The average Bonchev–Trinajstić information content (AvgIpc) is 3.59. The fourth-order valence-corrected chi connectivity index (χ4v) is 4.94. The maximum atomic E-state index is 13.2. The van der Waals surface area contributed by atoms with Crippen LogP contribution in [-0.4, -0.2) is 90.3 Å². The molecule has 46 heavy (non-hydrogen) atoms. The first-order valence-corrected chi connectivity index (χ1v) is 15.8. The summed E-state index contributed by atoms with van der Waals surface area (Å²) in [7, 11) is 1.51. The molecule has 1 amide bonds. The Kier molecular flexibility index (Phi) is 13.0. The zero-order chi connectivity index (χ0) is 34.1. The zero-order valence-electron chi connectivity index (χ0n) is 27.6. The third kappa shape index (κ3) is 8.79. The van der Waals surface area contributed by atoms with Crippen molar-refractivity contribution >= 4 is 30.0 Å². The predicted molar refractivity (Wildman–Crippen MR) is 169 cm³/mol. The summed E-state index contributed by atoms with van der Waals surface area (Å²) in [6.45, 7) is 8.82. The van der Waals surface area contributed by atoms with Crippen molar-refractivity contribution in [3.8, 4) is 6.07 Å². The number of nitrogens with zero attached hydrogens (tertiary/aromatic N) is 3. The van der Waals surface area contributed by atoms with Gasteiger partial charge in [0.15, 0.2) is 11.9 Å². The SMILES string of the molecule is CCCCOC(C)(C)C(=O)NC(=NC=NC)c1ccc([C@]2(C#N)O[C@H](COC(=O)CC3CCC3)[C@@H](OC(=O)[C@H](N)C(C)C)[C@H]2O)[nH]1. The van der Waals surface area contributed by atoms with Crippen LogP contribution in [0.3, 0.4) is 0 Å². The molecule has 5 N–H and O–H groups in total. The highest BCUT2D eigenvalue weighted by Gasteiger charge is 2.59. The summed E-state index contributed by atoms with van der Waals surface area (Å²) in [5.41, 5.74) is 3.10. The molecule has 14 heteroatoms. The number of nitrogens with two attached hydrogens (primary N) is 1. The molecule has 2 heterocycles. The number of esters is 2. The van der Waals surface area contributed by atoms with E-state index < -0.39 is 53.4 Å². The molecule has 1 aliphatic carbocycles. The summed E-state index contributed by atoms with van der Waals surface area (Å²) < 4.78 is 22.9. The average molecular weight is 645 g/mol. The summed E-state index contributed by atoms with van der Waals surface area (Å²) in [6, 6.07) is 4.04. The Morgan fingerprint density at radius 3 is 2.63 bits per heavy atom. The Morgan fingerprint density at radius 2 is 2.04 bits per heavy atom. The molecule has 254 valence electrons. The van der Waals surface area contributed by atoms with Crippen LogP contribution < -0.4 is 11.1 Å². The fourth-order valence-electron chi connectivity index (χ4n) is 4.94. The second kappa shape index (κ2) is 16.3. The molecular weight excluding hydrogens is 596 g/mol. The highest BCUT2D eigenvalue weighted by atomic mass is 16.6. The molecule has 0 aromatic carbocycles. The van der Waals surface area contributed by atoms with Crippen LogP contribution >= 0.6 is 0 Å². The van der Waals surface area contributed by atoms with E-state index in [-0.39, 0.29) is 42.1 Å². The van der Waals surface area contributed by atoms with Gasteiger partial charge in [0.25, 0.3) is 5.91 Å². The van der Waals surface area contributed by atoms with E-state index in [1.54, 1.807) is 33.8 Å². The Morgan fingerprint density at radius 1 is 1.33 bits per heavy atom. The van der Waals surface area contributed by atoms with Crippen LogP contribution in [-0.2, 0) is 38.9 Å². The maximum absolute atomic E-state index is 13.2. The Labute approximate surface area is 270 Å². The van der Waals surface area contributed by atoms with Gasteiger partial charge in [0.2, 0.25) is 5.60 Å². The number of H-pyrrole nitrogens is 1. The van der Waals surface area contributed by atoms with Crippen molar-refractivity contribution in [1.82, 2.24) is 10.3 Å². The van der Waals surface area contributed by atoms with Gasteiger partial charge >= 0.3 is 11.9 Å². The first-order chi connectivity index (χ1) is 21.8. The Hall–Kier alpha value is -3.64. The first-order valence-electron chi connectivity index (χ1n) is 15.8. The zero-order valence-corrected chi connectivity index (χ0v) is 27.6. The molecule has 1 saturated carbocycles. The van der Waals surface area contributed by atoms with Gasteiger partial charge in [-0.05, 0) is 57.1 Å². The third-order valence-electron chi connectivity index (χ3n) is 8.31. The molecule has 1 aromatic rings. The van der Waals surface area contributed by atoms with Crippen molar-refractivity contribution in [2.24, 2.45) is 27.6 Å². The molecule has 2 aliphatic rings. The van der Waals surface area contributed by atoms with Gasteiger partial charge in [-0.25, -0.2) is 4.99 Å². The van der Waals surface area contributed by atoms with Crippen molar-refractivity contribution in [3.05, 3.63) is 23.5 Å². The highest BCUT2D eigenvalue weighted by Crippen LogP contribution is 2.41. The number of aliphatic hydroxyl groups excluding tert-OH is 1. The van der Waals surface area contributed by atoms with Crippen molar-refractivity contribution < 1.29 is 38.4 Å². The molecule has 0 unspecified atom stereocenters. The molecule has 0 bridgehead atoms. The van der Waals surface area contributed by atoms with E-state index in [4.69, 9.17) is 24.7 Å². The van der Waals surface area contributed by atoms with E-state index in [9.17, 15) is 24.8 Å². The monoisotopic (exact) mass is 644 g/mol. The number of aromatic nitrogens is 1. The van der Waals surface area contributed by atoms with E-state index in [1.807, 2.05) is 13.0 Å². The first kappa shape index (κ1) is 36.8. The minimum Gasteiger partial charge on any atom is -0.463 e. The molecule has 1 saturated heterocycles. The number of carbonyl (C=O) groups excluding carboxylic acids is 3. The molecule has 14 nitrogen and oxygen atoms in total. The summed E-state index contributed by atoms with van der Waals surface area (Å²) >= 11 is 0. The number of rotatable bonds is 15. The number of aromatic amines is 1. The van der Waals surface area contributed by atoms with Gasteiger partial charge in [0, 0.05) is 20.1 Å². The van der Waals surface area contributed by atoms with Crippen molar-refractivity contribution in [1.29, 1.82) is 5.26 Å². The number of amides is 1. The van der Waals surface area contributed by atoms with E-state index in [0.717, 1.165) is 32.1 Å². The summed E-state index contributed by atoms with van der Waals surface area (Å²) in [4.78, 5) is 49.6. The van der Waals surface area contributed by atoms with Crippen LogP contribution in [0.1, 0.15) is 84.5 Å². The number of unbranched alkanes of at least 4 members (excludes halogenated alkanes) is 1. The van der Waals surface area contributed by atoms with Crippen LogP contribution in [0, 0.1) is 23.2 Å². The van der Waals surface area contributed by atoms with Gasteiger partial charge in [0.05, 0.1) is 11.4 Å². The largest absolute Gasteiger partial charge is 0.463 e. The Balaban J connectivity index is 1.89. The predicted octanol–water partition coefficient (Wildman–Crippen LogP) is 2.24. The minimum absolute atomic E-state index is 0.0713. The van der Waals surface area contributed by atoms with Crippen LogP contribution in [0.15, 0.2) is 22.1 Å². The van der Waals surface area contributed by atoms with Crippen molar-refractivity contribution in [2.75, 3.05) is 20.3 Å². The second-order valence-electron chi connectivity index (χ2n) is 12.6. The molecular formula is C32H48N6O8. The summed E-state index contributed by atoms with van der Waals surface area (Å²) in [5, 5.41) is 24.7. The van der Waals surface area contributed by atoms with Crippen molar-refractivity contribution in [3.63, 3.8) is 0 Å². The van der Waals surface area contributed by atoms with Crippen molar-refractivity contribution in [2.45, 2.75) is 109 Å². The molecule has 5 atom stereocenters. The van der Waals surface area contributed by atoms with Gasteiger partial charge < -0.3 is 40.1 Å². The smallest absolute Gasteiger partial charge is 0.323 e. The minimum atomic E-state index is -2.08. The van der Waals surface area contributed by atoms with Crippen LogP contribution in [0.25, 0.3) is 0 Å². The summed E-state index contributed by atoms with van der Waals surface area (Å²) in [5.74, 6) is -1.64. The van der Waals surface area contributed by atoms with Crippen LogP contribution in [0.4, 0.5) is 0 Å². The number of carbonyl (C=O) groups is 3. The molecule has 1 aliphatic heterocycles. The lowest BCUT2D eigenvalue weighted by molar-refractivity contribution is -0.162.